The van der Waals surface area contributed by atoms with Gasteiger partial charge in [0, 0.05) is 43.7 Å². The van der Waals surface area contributed by atoms with Crippen LogP contribution in [0.15, 0.2) is 71.8 Å². The van der Waals surface area contributed by atoms with Crippen molar-refractivity contribution in [3.8, 4) is 0 Å². The highest BCUT2D eigenvalue weighted by Gasteiger charge is 2.36. The van der Waals surface area contributed by atoms with Gasteiger partial charge in [0.1, 0.15) is 11.6 Å². The van der Waals surface area contributed by atoms with E-state index in [1.54, 1.807) is 30.3 Å². The quantitative estimate of drug-likeness (QED) is 0.503. The first kappa shape index (κ1) is 24.1. The van der Waals surface area contributed by atoms with Gasteiger partial charge >= 0.3 is 0 Å². The minimum atomic E-state index is -0.492. The number of amides is 1. The lowest BCUT2D eigenvalue weighted by Gasteiger charge is -2.36. The lowest BCUT2D eigenvalue weighted by Crippen LogP contribution is -2.49. The normalized spacial score (nSPS) is 18.4. The summed E-state index contributed by atoms with van der Waals surface area (Å²) in [5.74, 6) is -0.738. The third-order valence-electron chi connectivity index (χ3n) is 7.05. The molecule has 1 amide bonds. The standard InChI is InChI=1S/C29H30F2N4O/c1-20-11-12-22(21(2)17-20)26-18-28(23-7-3-4-8-24(23)30)35(32-26)29(36)19-33-13-15-34(16-14-33)27-10-6-5-9-25(27)31/h3-12,17,28H,13-16,18-19H2,1-2H3/t28-/m0/s1. The predicted octanol–water partition coefficient (Wildman–Crippen LogP) is 5.08. The molecule has 0 N–H and O–H groups in total. The molecule has 3 aromatic carbocycles. The second-order valence-corrected chi connectivity index (χ2v) is 9.56. The van der Waals surface area contributed by atoms with E-state index < -0.39 is 6.04 Å². The van der Waals surface area contributed by atoms with Crippen LogP contribution in [0.1, 0.15) is 34.7 Å². The number of anilines is 1. The molecule has 2 aliphatic heterocycles. The molecule has 5 rings (SSSR count). The highest BCUT2D eigenvalue weighted by Crippen LogP contribution is 2.35. The molecule has 0 bridgehead atoms. The van der Waals surface area contributed by atoms with Crippen molar-refractivity contribution in [2.24, 2.45) is 5.10 Å². The van der Waals surface area contributed by atoms with Crippen LogP contribution in [0, 0.1) is 25.5 Å². The number of hydrazone groups is 1. The van der Waals surface area contributed by atoms with E-state index in [4.69, 9.17) is 5.10 Å². The number of carbonyl (C=O) groups is 1. The van der Waals surface area contributed by atoms with Crippen molar-refractivity contribution in [1.82, 2.24) is 9.91 Å². The molecule has 2 aliphatic rings. The zero-order valence-corrected chi connectivity index (χ0v) is 20.6. The van der Waals surface area contributed by atoms with Gasteiger partial charge in [-0.25, -0.2) is 13.8 Å². The third kappa shape index (κ3) is 4.88. The zero-order valence-electron chi connectivity index (χ0n) is 20.6. The number of hydrogen-bond donors (Lipinski definition) is 0. The molecule has 3 aromatic rings. The Labute approximate surface area is 210 Å². The van der Waals surface area contributed by atoms with Crippen LogP contribution in [0.2, 0.25) is 0 Å². The molecule has 7 heteroatoms. The number of rotatable bonds is 5. The topological polar surface area (TPSA) is 39.2 Å². The van der Waals surface area contributed by atoms with E-state index in [0.717, 1.165) is 22.4 Å². The fourth-order valence-corrected chi connectivity index (χ4v) is 5.15. The third-order valence-corrected chi connectivity index (χ3v) is 7.05. The summed E-state index contributed by atoms with van der Waals surface area (Å²) in [4.78, 5) is 17.6. The number of aryl methyl sites for hydroxylation is 2. The van der Waals surface area contributed by atoms with Gasteiger partial charge in [0.25, 0.3) is 5.91 Å². The SMILES string of the molecule is Cc1ccc(C2=NN(C(=O)CN3CCN(c4ccccc4F)CC3)[C@H](c3ccccc3F)C2)c(C)c1. The average molecular weight is 489 g/mol. The monoisotopic (exact) mass is 488 g/mol. The second-order valence-electron chi connectivity index (χ2n) is 9.56. The van der Waals surface area contributed by atoms with Gasteiger partial charge in [0.15, 0.2) is 0 Å². The van der Waals surface area contributed by atoms with Crippen molar-refractivity contribution in [3.05, 3.63) is 101 Å². The maximum atomic E-state index is 14.8. The number of halogens is 2. The van der Waals surface area contributed by atoms with Crippen molar-refractivity contribution in [3.63, 3.8) is 0 Å². The molecule has 36 heavy (non-hydrogen) atoms. The Hall–Kier alpha value is -3.58. The van der Waals surface area contributed by atoms with Gasteiger partial charge in [-0.3, -0.25) is 9.69 Å². The van der Waals surface area contributed by atoms with Crippen LogP contribution in [-0.4, -0.2) is 54.3 Å². The number of nitrogens with zero attached hydrogens (tertiary/aromatic N) is 4. The molecule has 0 aromatic heterocycles. The predicted molar refractivity (Wildman–Crippen MR) is 138 cm³/mol. The van der Waals surface area contributed by atoms with Crippen molar-refractivity contribution in [2.45, 2.75) is 26.3 Å². The largest absolute Gasteiger partial charge is 0.367 e. The van der Waals surface area contributed by atoms with E-state index in [9.17, 15) is 13.6 Å². The van der Waals surface area contributed by atoms with E-state index in [2.05, 4.69) is 11.0 Å². The summed E-state index contributed by atoms with van der Waals surface area (Å²) >= 11 is 0. The molecular formula is C29H30F2N4O. The number of benzene rings is 3. The van der Waals surface area contributed by atoms with E-state index >= 15 is 0 Å². The molecule has 0 saturated carbocycles. The van der Waals surface area contributed by atoms with Gasteiger partial charge in [-0.15, -0.1) is 0 Å². The molecule has 0 radical (unpaired) electrons. The molecule has 2 heterocycles. The fourth-order valence-electron chi connectivity index (χ4n) is 5.15. The Morgan fingerprint density at radius 3 is 2.31 bits per heavy atom. The van der Waals surface area contributed by atoms with Crippen molar-refractivity contribution < 1.29 is 13.6 Å². The van der Waals surface area contributed by atoms with E-state index in [1.165, 1.54) is 17.1 Å². The summed E-state index contributed by atoms with van der Waals surface area (Å²) < 4.78 is 29.0. The van der Waals surface area contributed by atoms with E-state index in [-0.39, 0.29) is 24.1 Å². The summed E-state index contributed by atoms with van der Waals surface area (Å²) in [5, 5.41) is 6.20. The van der Waals surface area contributed by atoms with Crippen LogP contribution in [0.3, 0.4) is 0 Å². The Bertz CT molecular complexity index is 1300. The molecule has 5 nitrogen and oxygen atoms in total. The molecule has 0 spiro atoms. The summed E-state index contributed by atoms with van der Waals surface area (Å²) in [6.07, 6.45) is 0.456. The summed E-state index contributed by atoms with van der Waals surface area (Å²) in [6, 6.07) is 19.0. The Morgan fingerprint density at radius 2 is 1.61 bits per heavy atom. The van der Waals surface area contributed by atoms with Crippen molar-refractivity contribution >= 4 is 17.3 Å². The van der Waals surface area contributed by atoms with Crippen molar-refractivity contribution in [1.29, 1.82) is 0 Å². The Morgan fingerprint density at radius 1 is 0.917 bits per heavy atom. The van der Waals surface area contributed by atoms with Crippen LogP contribution >= 0.6 is 0 Å². The van der Waals surface area contributed by atoms with Gasteiger partial charge < -0.3 is 4.90 Å². The highest BCUT2D eigenvalue weighted by molar-refractivity contribution is 6.04. The van der Waals surface area contributed by atoms with Crippen LogP contribution in [0.25, 0.3) is 0 Å². The first-order chi connectivity index (χ1) is 17.4. The maximum absolute atomic E-state index is 14.8. The molecule has 1 saturated heterocycles. The Balaban J connectivity index is 1.34. The molecule has 0 aliphatic carbocycles. The van der Waals surface area contributed by atoms with Crippen LogP contribution in [-0.2, 0) is 4.79 Å². The smallest absolute Gasteiger partial charge is 0.257 e. The highest BCUT2D eigenvalue weighted by atomic mass is 19.1. The number of hydrogen-bond acceptors (Lipinski definition) is 4. The van der Waals surface area contributed by atoms with Gasteiger partial charge in [0.05, 0.1) is 24.0 Å². The van der Waals surface area contributed by atoms with Crippen LogP contribution in [0.5, 0.6) is 0 Å². The number of carbonyl (C=O) groups excluding carboxylic acids is 1. The molecule has 186 valence electrons. The van der Waals surface area contributed by atoms with Crippen molar-refractivity contribution in [2.75, 3.05) is 37.6 Å². The maximum Gasteiger partial charge on any atom is 0.257 e. The van der Waals surface area contributed by atoms with Crippen LogP contribution in [0.4, 0.5) is 14.5 Å². The lowest BCUT2D eigenvalue weighted by atomic mass is 9.95. The molecule has 1 atom stereocenters. The summed E-state index contributed by atoms with van der Waals surface area (Å²) in [7, 11) is 0. The first-order valence-electron chi connectivity index (χ1n) is 12.3. The van der Waals surface area contributed by atoms with Gasteiger partial charge in [-0.1, -0.05) is 54.1 Å². The summed E-state index contributed by atoms with van der Waals surface area (Å²) in [5.41, 5.74) is 5.07. The van der Waals surface area contributed by atoms with Crippen LogP contribution < -0.4 is 4.90 Å². The summed E-state index contributed by atoms with van der Waals surface area (Å²) in [6.45, 7) is 6.77. The van der Waals surface area contributed by atoms with Gasteiger partial charge in [-0.05, 0) is 37.6 Å². The molecular weight excluding hydrogens is 458 g/mol. The molecule has 1 fully saturated rings. The number of piperazine rings is 1. The van der Waals surface area contributed by atoms with E-state index in [0.29, 0.717) is 43.9 Å². The van der Waals surface area contributed by atoms with E-state index in [1.807, 2.05) is 36.9 Å². The second kappa shape index (κ2) is 10.2. The lowest BCUT2D eigenvalue weighted by molar-refractivity contribution is -0.134. The van der Waals surface area contributed by atoms with Gasteiger partial charge in [0.2, 0.25) is 0 Å². The minimum Gasteiger partial charge on any atom is -0.367 e. The first-order valence-corrected chi connectivity index (χ1v) is 12.3. The average Bonchev–Trinajstić information content (AvgIpc) is 3.30. The molecule has 0 unspecified atom stereocenters. The Kier molecular flexibility index (Phi) is 6.83. The number of para-hydroxylation sites is 1. The van der Waals surface area contributed by atoms with Gasteiger partial charge in [-0.2, -0.15) is 5.10 Å². The fraction of sp³-hybridized carbons (Fsp3) is 0.310. The minimum absolute atomic E-state index is 0.164. The zero-order chi connectivity index (χ0) is 25.2.